The zero-order chi connectivity index (χ0) is 27.5. The van der Waals surface area contributed by atoms with E-state index in [1.807, 2.05) is 31.2 Å². The van der Waals surface area contributed by atoms with Gasteiger partial charge in [-0.15, -0.1) is 0 Å². The van der Waals surface area contributed by atoms with Crippen molar-refractivity contribution < 1.29 is 28.0 Å². The highest BCUT2D eigenvalue weighted by atomic mass is 19.1. The second-order valence-corrected chi connectivity index (χ2v) is 8.96. The van der Waals surface area contributed by atoms with E-state index in [1.54, 1.807) is 36.4 Å². The van der Waals surface area contributed by atoms with Crippen molar-refractivity contribution >= 4 is 17.6 Å². The Labute approximate surface area is 222 Å². The summed E-state index contributed by atoms with van der Waals surface area (Å²) in [5.74, 6) is -1.95. The Morgan fingerprint density at radius 2 is 1.72 bits per heavy atom. The second kappa shape index (κ2) is 10.6. The summed E-state index contributed by atoms with van der Waals surface area (Å²) in [7, 11) is 0. The van der Waals surface area contributed by atoms with Crippen molar-refractivity contribution in [3.63, 3.8) is 0 Å². The van der Waals surface area contributed by atoms with Gasteiger partial charge in [0.25, 0.3) is 11.8 Å². The summed E-state index contributed by atoms with van der Waals surface area (Å²) in [6.07, 6.45) is -0.160. The number of hydrogen-bond acceptors (Lipinski definition) is 7. The molecule has 2 heterocycles. The van der Waals surface area contributed by atoms with E-state index in [4.69, 9.17) is 14.7 Å². The van der Waals surface area contributed by atoms with Gasteiger partial charge in [-0.3, -0.25) is 4.79 Å². The molecule has 0 fully saturated rings. The molecule has 0 radical (unpaired) electrons. The van der Waals surface area contributed by atoms with E-state index in [2.05, 4.69) is 15.5 Å². The van der Waals surface area contributed by atoms with E-state index in [0.29, 0.717) is 22.6 Å². The molecule has 1 atom stereocenters. The van der Waals surface area contributed by atoms with Crippen LogP contribution in [0.25, 0.3) is 34.2 Å². The molecule has 0 saturated carbocycles. The molecule has 0 aliphatic heterocycles. The molecule has 0 aliphatic carbocycles. The van der Waals surface area contributed by atoms with Crippen molar-refractivity contribution in [3.8, 4) is 34.2 Å². The van der Waals surface area contributed by atoms with Gasteiger partial charge in [-0.25, -0.2) is 9.18 Å². The number of furan rings is 1. The van der Waals surface area contributed by atoms with Crippen LogP contribution in [-0.2, 0) is 11.2 Å². The molecule has 0 spiro atoms. The average Bonchev–Trinajstić information content (AvgIpc) is 3.60. The van der Waals surface area contributed by atoms with Gasteiger partial charge in [-0.2, -0.15) is 4.98 Å². The number of carboxylic acids is 1. The minimum atomic E-state index is -1.32. The lowest BCUT2D eigenvalue weighted by molar-refractivity contribution is -0.139. The lowest BCUT2D eigenvalue weighted by Gasteiger charge is -2.14. The molecule has 0 bridgehead atoms. The molecule has 3 aromatic carbocycles. The highest BCUT2D eigenvalue weighted by Crippen LogP contribution is 2.26. The number of carboxylic acid groups (broad SMARTS) is 1. The second-order valence-electron chi connectivity index (χ2n) is 8.96. The van der Waals surface area contributed by atoms with Crippen molar-refractivity contribution in [3.05, 3.63) is 102 Å². The van der Waals surface area contributed by atoms with Gasteiger partial charge in [0.1, 0.15) is 17.6 Å². The number of hydrogen-bond donors (Lipinski definition) is 3. The number of amides is 1. The predicted octanol–water partition coefficient (Wildman–Crippen LogP) is 5.12. The number of nitrogens with two attached hydrogens (primary N) is 1. The smallest absolute Gasteiger partial charge is 0.326 e. The predicted molar refractivity (Wildman–Crippen MR) is 141 cm³/mol. The number of nitrogens with zero attached hydrogens (tertiary/aromatic N) is 2. The largest absolute Gasteiger partial charge is 0.480 e. The number of nitrogen functional groups attached to an aromatic ring is 1. The highest BCUT2D eigenvalue weighted by molar-refractivity contribution is 5.94. The fourth-order valence-corrected chi connectivity index (χ4v) is 3.94. The number of halogens is 1. The van der Waals surface area contributed by atoms with Crippen LogP contribution in [0.5, 0.6) is 0 Å². The molecular formula is C29H23FN4O5. The maximum absolute atomic E-state index is 15.0. The third-order valence-electron chi connectivity index (χ3n) is 6.07. The maximum Gasteiger partial charge on any atom is 0.326 e. The average molecular weight is 527 g/mol. The molecule has 2 aromatic heterocycles. The number of aliphatic carboxylic acids is 1. The normalized spacial score (nSPS) is 11.7. The Bertz CT molecular complexity index is 1640. The van der Waals surface area contributed by atoms with Crippen molar-refractivity contribution in [1.82, 2.24) is 15.5 Å². The first kappa shape index (κ1) is 25.4. The third kappa shape index (κ3) is 5.69. The summed E-state index contributed by atoms with van der Waals surface area (Å²) >= 11 is 0. The summed E-state index contributed by atoms with van der Waals surface area (Å²) in [6.45, 7) is 1.96. The number of nitrogens with one attached hydrogen (secondary N) is 1. The standard InChI is InChI=1S/C29H23FN4O5/c1-16-2-5-18(6-3-16)24-12-13-25(38-24)27(35)32-23(29(36)37)15-17-4-11-21(22(30)14-17)26-33-28(39-34-26)19-7-9-20(31)10-8-19/h2-14,23H,15,31H2,1H3,(H,32,35)(H,36,37). The molecule has 9 nitrogen and oxygen atoms in total. The maximum atomic E-state index is 15.0. The lowest BCUT2D eigenvalue weighted by atomic mass is 10.0. The van der Waals surface area contributed by atoms with Gasteiger partial charge in [-0.1, -0.05) is 41.1 Å². The van der Waals surface area contributed by atoms with Crippen LogP contribution < -0.4 is 11.1 Å². The summed E-state index contributed by atoms with van der Waals surface area (Å²) < 4.78 is 25.9. The zero-order valence-corrected chi connectivity index (χ0v) is 20.7. The minimum absolute atomic E-state index is 0.0348. The van der Waals surface area contributed by atoms with E-state index < -0.39 is 23.7 Å². The number of anilines is 1. The summed E-state index contributed by atoms with van der Waals surface area (Å²) in [5, 5.41) is 16.0. The van der Waals surface area contributed by atoms with Crippen LogP contribution in [0.1, 0.15) is 21.7 Å². The topological polar surface area (TPSA) is 144 Å². The quantitative estimate of drug-likeness (QED) is 0.236. The van der Waals surface area contributed by atoms with Crippen LogP contribution in [0.3, 0.4) is 0 Å². The van der Waals surface area contributed by atoms with Gasteiger partial charge in [0.05, 0.1) is 5.56 Å². The van der Waals surface area contributed by atoms with E-state index in [-0.39, 0.29) is 29.5 Å². The number of carbonyl (C=O) groups excluding carboxylic acids is 1. The Morgan fingerprint density at radius 3 is 2.41 bits per heavy atom. The van der Waals surface area contributed by atoms with Gasteiger partial charge in [0.15, 0.2) is 5.76 Å². The molecule has 0 aliphatic rings. The Hall–Kier alpha value is -5.25. The SMILES string of the molecule is Cc1ccc(-c2ccc(C(=O)NC(Cc3ccc(-c4noc(-c5ccc(N)cc5)n4)c(F)c3)C(=O)O)o2)cc1. The van der Waals surface area contributed by atoms with Crippen molar-refractivity contribution in [2.75, 3.05) is 5.73 Å². The molecule has 10 heteroatoms. The molecule has 5 aromatic rings. The summed E-state index contributed by atoms with van der Waals surface area (Å²) in [4.78, 5) is 28.8. The number of benzene rings is 3. The van der Waals surface area contributed by atoms with E-state index in [0.717, 1.165) is 11.1 Å². The van der Waals surface area contributed by atoms with Gasteiger partial charge in [0.2, 0.25) is 5.82 Å². The molecule has 196 valence electrons. The summed E-state index contributed by atoms with van der Waals surface area (Å²) in [6, 6.07) is 20.3. The summed E-state index contributed by atoms with van der Waals surface area (Å²) in [5.41, 5.74) is 9.19. The van der Waals surface area contributed by atoms with Crippen molar-refractivity contribution in [2.45, 2.75) is 19.4 Å². The molecular weight excluding hydrogens is 503 g/mol. The van der Waals surface area contributed by atoms with Crippen molar-refractivity contribution in [2.24, 2.45) is 0 Å². The molecule has 5 rings (SSSR count). The van der Waals surface area contributed by atoms with Crippen LogP contribution in [0, 0.1) is 12.7 Å². The Morgan fingerprint density at radius 1 is 1.00 bits per heavy atom. The van der Waals surface area contributed by atoms with Gasteiger partial charge < -0.3 is 25.1 Å². The van der Waals surface area contributed by atoms with Crippen LogP contribution >= 0.6 is 0 Å². The van der Waals surface area contributed by atoms with Crippen LogP contribution in [0.15, 0.2) is 87.8 Å². The molecule has 39 heavy (non-hydrogen) atoms. The number of aryl methyl sites for hydroxylation is 1. The fourth-order valence-electron chi connectivity index (χ4n) is 3.94. The lowest BCUT2D eigenvalue weighted by Crippen LogP contribution is -2.42. The van der Waals surface area contributed by atoms with E-state index >= 15 is 0 Å². The van der Waals surface area contributed by atoms with Gasteiger partial charge >= 0.3 is 5.97 Å². The first-order valence-electron chi connectivity index (χ1n) is 12.0. The first-order chi connectivity index (χ1) is 18.8. The number of rotatable bonds is 8. The molecule has 4 N–H and O–H groups in total. The van der Waals surface area contributed by atoms with Gasteiger partial charge in [-0.05, 0) is 61.0 Å². The van der Waals surface area contributed by atoms with Crippen LogP contribution in [0.4, 0.5) is 10.1 Å². The van der Waals surface area contributed by atoms with E-state index in [9.17, 15) is 19.1 Å². The molecule has 1 unspecified atom stereocenters. The number of aromatic nitrogens is 2. The Kier molecular flexibility index (Phi) is 6.92. The monoisotopic (exact) mass is 526 g/mol. The Balaban J connectivity index is 1.28. The van der Waals surface area contributed by atoms with Crippen molar-refractivity contribution in [1.29, 1.82) is 0 Å². The zero-order valence-electron chi connectivity index (χ0n) is 20.7. The van der Waals surface area contributed by atoms with Gasteiger partial charge in [0, 0.05) is 23.2 Å². The molecule has 0 saturated heterocycles. The fraction of sp³-hybridized carbons (Fsp3) is 0.103. The van der Waals surface area contributed by atoms with Crippen LogP contribution in [0.2, 0.25) is 0 Å². The minimum Gasteiger partial charge on any atom is -0.480 e. The van der Waals surface area contributed by atoms with E-state index in [1.165, 1.54) is 18.2 Å². The highest BCUT2D eigenvalue weighted by Gasteiger charge is 2.24. The molecule has 1 amide bonds. The third-order valence-corrected chi connectivity index (χ3v) is 6.07. The number of carbonyl (C=O) groups is 2. The van der Waals surface area contributed by atoms with Crippen LogP contribution in [-0.4, -0.2) is 33.2 Å². The first-order valence-corrected chi connectivity index (χ1v) is 12.0.